The van der Waals surface area contributed by atoms with Crippen LogP contribution < -0.4 is 0 Å². The Balaban J connectivity index is 1.36. The molecule has 1 saturated heterocycles. The van der Waals surface area contributed by atoms with Crippen LogP contribution in [0.25, 0.3) is 11.6 Å². The van der Waals surface area contributed by atoms with E-state index in [1.54, 1.807) is 12.4 Å². The molecule has 4 rings (SSSR count). The van der Waals surface area contributed by atoms with Crippen molar-refractivity contribution in [2.24, 2.45) is 5.92 Å². The van der Waals surface area contributed by atoms with E-state index in [1.807, 2.05) is 11.8 Å². The summed E-state index contributed by atoms with van der Waals surface area (Å²) < 4.78 is 5.37. The van der Waals surface area contributed by atoms with E-state index in [1.165, 1.54) is 19.3 Å². The monoisotopic (exact) mass is 355 g/mol. The number of carbonyl (C=O) groups excluding carboxylic acids is 1. The van der Waals surface area contributed by atoms with Gasteiger partial charge in [0.05, 0.1) is 11.9 Å². The van der Waals surface area contributed by atoms with Crippen molar-refractivity contribution >= 4 is 5.91 Å². The highest BCUT2D eigenvalue weighted by Gasteiger charge is 2.31. The Morgan fingerprint density at radius 1 is 1.08 bits per heavy atom. The zero-order valence-corrected chi connectivity index (χ0v) is 15.2. The molecule has 7 heteroatoms. The first kappa shape index (κ1) is 17.1. The number of piperidine rings is 1. The van der Waals surface area contributed by atoms with Crippen LogP contribution in [0.1, 0.15) is 62.4 Å². The fraction of sp³-hybridized carbons (Fsp3) is 0.632. The van der Waals surface area contributed by atoms with E-state index in [9.17, 15) is 4.79 Å². The average Bonchev–Trinajstić information content (AvgIpc) is 3.19. The van der Waals surface area contributed by atoms with Gasteiger partial charge in [0.2, 0.25) is 5.91 Å². The van der Waals surface area contributed by atoms with Crippen molar-refractivity contribution in [2.75, 3.05) is 13.1 Å². The summed E-state index contributed by atoms with van der Waals surface area (Å²) in [6.45, 7) is 3.46. The van der Waals surface area contributed by atoms with Crippen LogP contribution in [0.5, 0.6) is 0 Å². The first-order valence-electron chi connectivity index (χ1n) is 9.62. The Hall–Kier alpha value is -2.31. The maximum Gasteiger partial charge on any atom is 0.278 e. The molecule has 0 bridgehead atoms. The first-order chi connectivity index (χ1) is 12.7. The number of hydrogen-bond donors (Lipinski definition) is 0. The molecule has 3 heterocycles. The lowest BCUT2D eigenvalue weighted by Gasteiger charge is -2.34. The largest absolute Gasteiger partial charge is 0.342 e. The summed E-state index contributed by atoms with van der Waals surface area (Å²) in [5.74, 6) is 1.96. The third-order valence-electron chi connectivity index (χ3n) is 5.57. The lowest BCUT2D eigenvalue weighted by atomic mass is 9.87. The van der Waals surface area contributed by atoms with E-state index in [4.69, 9.17) is 4.52 Å². The van der Waals surface area contributed by atoms with Crippen molar-refractivity contribution < 1.29 is 9.32 Å². The predicted octanol–water partition coefficient (Wildman–Crippen LogP) is 3.12. The van der Waals surface area contributed by atoms with E-state index < -0.39 is 0 Å². The molecule has 1 aliphatic heterocycles. The number of aryl methyl sites for hydroxylation is 1. The number of likely N-dealkylation sites (tertiary alicyclic amines) is 1. The highest BCUT2D eigenvalue weighted by molar-refractivity contribution is 5.79. The van der Waals surface area contributed by atoms with Crippen molar-refractivity contribution in [3.05, 3.63) is 23.9 Å². The van der Waals surface area contributed by atoms with Crippen molar-refractivity contribution in [2.45, 2.75) is 57.8 Å². The third-order valence-corrected chi connectivity index (χ3v) is 5.57. The van der Waals surface area contributed by atoms with E-state index >= 15 is 0 Å². The minimum atomic E-state index is 0.237. The highest BCUT2D eigenvalue weighted by atomic mass is 16.5. The first-order valence-corrected chi connectivity index (χ1v) is 9.62. The van der Waals surface area contributed by atoms with Gasteiger partial charge in [0.25, 0.3) is 5.89 Å². The van der Waals surface area contributed by atoms with Crippen molar-refractivity contribution in [1.82, 2.24) is 25.0 Å². The molecule has 0 spiro atoms. The summed E-state index contributed by atoms with van der Waals surface area (Å²) in [5.41, 5.74) is 1.45. The molecule has 0 atom stereocenters. The Kier molecular flexibility index (Phi) is 4.95. The molecule has 26 heavy (non-hydrogen) atoms. The summed E-state index contributed by atoms with van der Waals surface area (Å²) in [5, 5.41) is 4.14. The molecule has 1 saturated carbocycles. The van der Waals surface area contributed by atoms with Gasteiger partial charge in [-0.05, 0) is 32.6 Å². The summed E-state index contributed by atoms with van der Waals surface area (Å²) in [7, 11) is 0. The second kappa shape index (κ2) is 7.51. The van der Waals surface area contributed by atoms with Crippen molar-refractivity contribution in [1.29, 1.82) is 0 Å². The molecule has 2 fully saturated rings. The van der Waals surface area contributed by atoms with E-state index in [0.29, 0.717) is 23.3 Å². The smallest absolute Gasteiger partial charge is 0.278 e. The van der Waals surface area contributed by atoms with Gasteiger partial charge < -0.3 is 9.42 Å². The highest BCUT2D eigenvalue weighted by Crippen LogP contribution is 2.30. The van der Waals surface area contributed by atoms with Crippen LogP contribution in [0.15, 0.2) is 16.9 Å². The molecule has 7 nitrogen and oxygen atoms in total. The quantitative estimate of drug-likeness (QED) is 0.841. The van der Waals surface area contributed by atoms with Crippen LogP contribution in [0, 0.1) is 12.8 Å². The van der Waals surface area contributed by atoms with Gasteiger partial charge in [-0.2, -0.15) is 4.98 Å². The zero-order valence-electron chi connectivity index (χ0n) is 15.2. The fourth-order valence-corrected chi connectivity index (χ4v) is 3.97. The molecular weight excluding hydrogens is 330 g/mol. The number of hydrogen-bond acceptors (Lipinski definition) is 6. The second-order valence-corrected chi connectivity index (χ2v) is 7.44. The standard InChI is InChI=1S/C19H25N5O2/c1-13-11-21-16(12-20-13)18-22-17(23-26-18)14-7-9-24(10-8-14)19(25)15-5-3-2-4-6-15/h11-12,14-15H,2-10H2,1H3. The summed E-state index contributed by atoms with van der Waals surface area (Å²) >= 11 is 0. The topological polar surface area (TPSA) is 85.0 Å². The van der Waals surface area contributed by atoms with Crippen LogP contribution in [0.2, 0.25) is 0 Å². The van der Waals surface area contributed by atoms with Gasteiger partial charge in [-0.25, -0.2) is 4.98 Å². The normalized spacial score (nSPS) is 19.7. The lowest BCUT2D eigenvalue weighted by molar-refractivity contribution is -0.137. The van der Waals surface area contributed by atoms with Crippen molar-refractivity contribution in [3.8, 4) is 11.6 Å². The Labute approximate surface area is 153 Å². The SMILES string of the molecule is Cc1cnc(-c2nc(C3CCN(C(=O)C4CCCCC4)CC3)no2)cn1. The van der Waals surface area contributed by atoms with Crippen LogP contribution in [-0.4, -0.2) is 44.0 Å². The van der Waals surface area contributed by atoms with Gasteiger partial charge >= 0.3 is 0 Å². The summed E-state index contributed by atoms with van der Waals surface area (Å²) in [4.78, 5) is 27.7. The average molecular weight is 355 g/mol. The lowest BCUT2D eigenvalue weighted by Crippen LogP contribution is -2.42. The maximum atomic E-state index is 12.7. The molecule has 0 unspecified atom stereocenters. The number of aromatic nitrogens is 4. The third kappa shape index (κ3) is 3.61. The van der Waals surface area contributed by atoms with Gasteiger partial charge in [-0.3, -0.25) is 9.78 Å². The van der Waals surface area contributed by atoms with E-state index in [2.05, 4.69) is 20.1 Å². The van der Waals surface area contributed by atoms with E-state index in [0.717, 1.165) is 44.5 Å². The molecule has 0 N–H and O–H groups in total. The number of amides is 1. The molecule has 2 aromatic rings. The zero-order chi connectivity index (χ0) is 17.9. The molecule has 1 aliphatic carbocycles. The van der Waals surface area contributed by atoms with Crippen LogP contribution >= 0.6 is 0 Å². The van der Waals surface area contributed by atoms with Gasteiger partial charge in [0, 0.05) is 31.1 Å². The minimum absolute atomic E-state index is 0.237. The minimum Gasteiger partial charge on any atom is -0.342 e. The van der Waals surface area contributed by atoms with Crippen LogP contribution in [0.4, 0.5) is 0 Å². The van der Waals surface area contributed by atoms with Crippen LogP contribution in [0.3, 0.4) is 0 Å². The van der Waals surface area contributed by atoms with Crippen molar-refractivity contribution in [3.63, 3.8) is 0 Å². The molecule has 138 valence electrons. The van der Waals surface area contributed by atoms with Gasteiger partial charge in [-0.15, -0.1) is 0 Å². The summed E-state index contributed by atoms with van der Waals surface area (Å²) in [6.07, 6.45) is 10.9. The molecule has 2 aliphatic rings. The molecule has 2 aromatic heterocycles. The van der Waals surface area contributed by atoms with E-state index in [-0.39, 0.29) is 11.8 Å². The molecular formula is C19H25N5O2. The molecule has 0 radical (unpaired) electrons. The Morgan fingerprint density at radius 3 is 2.54 bits per heavy atom. The number of carbonyl (C=O) groups is 1. The maximum absolute atomic E-state index is 12.7. The van der Waals surface area contributed by atoms with Gasteiger partial charge in [0.1, 0.15) is 5.69 Å². The predicted molar refractivity (Wildman–Crippen MR) is 95.2 cm³/mol. The van der Waals surface area contributed by atoms with Gasteiger partial charge in [0.15, 0.2) is 5.82 Å². The Morgan fingerprint density at radius 2 is 1.85 bits per heavy atom. The second-order valence-electron chi connectivity index (χ2n) is 7.44. The Bertz CT molecular complexity index is 744. The van der Waals surface area contributed by atoms with Gasteiger partial charge in [-0.1, -0.05) is 24.4 Å². The number of nitrogens with zero attached hydrogens (tertiary/aromatic N) is 5. The number of rotatable bonds is 3. The van der Waals surface area contributed by atoms with Crippen LogP contribution in [-0.2, 0) is 4.79 Å². The molecule has 1 amide bonds. The summed E-state index contributed by atoms with van der Waals surface area (Å²) in [6, 6.07) is 0. The molecule has 0 aromatic carbocycles. The fourth-order valence-electron chi connectivity index (χ4n) is 3.97.